The van der Waals surface area contributed by atoms with Crippen molar-refractivity contribution in [3.63, 3.8) is 0 Å². The molecule has 0 unspecified atom stereocenters. The van der Waals surface area contributed by atoms with E-state index in [1.54, 1.807) is 30.9 Å². The molecule has 0 fully saturated rings. The number of anilines is 1. The summed E-state index contributed by atoms with van der Waals surface area (Å²) in [6.45, 7) is 7.75. The highest BCUT2D eigenvalue weighted by atomic mass is 15.1. The summed E-state index contributed by atoms with van der Waals surface area (Å²) in [5.41, 5.74) is 1.47. The van der Waals surface area contributed by atoms with E-state index in [-0.39, 0.29) is 0 Å². The van der Waals surface area contributed by atoms with Crippen LogP contribution in [0.1, 0.15) is 0 Å². The van der Waals surface area contributed by atoms with Crippen molar-refractivity contribution in [2.75, 3.05) is 5.32 Å². The SMILES string of the molecule is C=C/C=c1/cncc/c1=C/C(=C)Nc1nccn2ccnc12. The Hall–Kier alpha value is -3.21. The fraction of sp³-hybridized carbons (Fsp3) is 0. The van der Waals surface area contributed by atoms with Crippen LogP contribution in [0, 0.1) is 0 Å². The molecule has 1 N–H and O–H groups in total. The van der Waals surface area contributed by atoms with E-state index in [4.69, 9.17) is 0 Å². The van der Waals surface area contributed by atoms with E-state index in [0.717, 1.165) is 16.1 Å². The minimum Gasteiger partial charge on any atom is -0.338 e. The van der Waals surface area contributed by atoms with Gasteiger partial charge in [-0.3, -0.25) is 4.98 Å². The smallest absolute Gasteiger partial charge is 0.180 e. The van der Waals surface area contributed by atoms with E-state index in [0.29, 0.717) is 11.5 Å². The Morgan fingerprint density at radius 1 is 1.14 bits per heavy atom. The fourth-order valence-electron chi connectivity index (χ4n) is 2.13. The largest absolute Gasteiger partial charge is 0.338 e. The molecule has 0 aliphatic heterocycles. The van der Waals surface area contributed by atoms with Crippen LogP contribution in [-0.4, -0.2) is 19.4 Å². The Kier molecular flexibility index (Phi) is 3.78. The van der Waals surface area contributed by atoms with Gasteiger partial charge in [-0.2, -0.15) is 0 Å². The Balaban J connectivity index is 1.96. The molecule has 3 aromatic heterocycles. The maximum atomic E-state index is 4.31. The molecule has 0 amide bonds. The van der Waals surface area contributed by atoms with E-state index in [1.807, 2.05) is 35.0 Å². The molecule has 0 aliphatic carbocycles. The highest BCUT2D eigenvalue weighted by Crippen LogP contribution is 2.12. The Morgan fingerprint density at radius 3 is 2.77 bits per heavy atom. The minimum atomic E-state index is 0.664. The summed E-state index contributed by atoms with van der Waals surface area (Å²) in [5.74, 6) is 0.664. The van der Waals surface area contributed by atoms with Gasteiger partial charge in [-0.15, -0.1) is 0 Å². The number of nitrogens with one attached hydrogen (secondary N) is 1. The number of nitrogens with zero attached hydrogens (tertiary/aromatic N) is 4. The summed E-state index contributed by atoms with van der Waals surface area (Å²) in [7, 11) is 0. The van der Waals surface area contributed by atoms with Crippen LogP contribution >= 0.6 is 0 Å². The number of aromatic nitrogens is 4. The zero-order valence-electron chi connectivity index (χ0n) is 12.0. The average Bonchev–Trinajstić information content (AvgIpc) is 2.99. The number of hydrogen-bond donors (Lipinski definition) is 1. The summed E-state index contributed by atoms with van der Waals surface area (Å²) in [5, 5.41) is 5.17. The van der Waals surface area contributed by atoms with Gasteiger partial charge in [-0.25, -0.2) is 9.97 Å². The molecule has 0 aliphatic rings. The third-order valence-corrected chi connectivity index (χ3v) is 3.10. The number of imidazole rings is 1. The van der Waals surface area contributed by atoms with Crippen LogP contribution in [0.2, 0.25) is 0 Å². The summed E-state index contributed by atoms with van der Waals surface area (Å²) >= 11 is 0. The van der Waals surface area contributed by atoms with Crippen LogP contribution in [0.25, 0.3) is 17.8 Å². The summed E-state index contributed by atoms with van der Waals surface area (Å²) in [6.07, 6.45) is 16.3. The van der Waals surface area contributed by atoms with Gasteiger partial charge >= 0.3 is 0 Å². The summed E-state index contributed by atoms with van der Waals surface area (Å²) in [6, 6.07) is 1.92. The average molecular weight is 289 g/mol. The second-order valence-electron chi connectivity index (χ2n) is 4.64. The standard InChI is InChI=1S/C17H15N5/c1-3-4-15-12-18-6-5-14(15)11-13(2)21-16-17-20-8-10-22(17)9-7-19-16/h3-12H,1-2H2,(H,19,21)/b14-11-,15-4-. The van der Waals surface area contributed by atoms with Gasteiger partial charge in [-0.1, -0.05) is 25.3 Å². The molecule has 0 saturated heterocycles. The number of pyridine rings is 1. The van der Waals surface area contributed by atoms with Gasteiger partial charge in [0.2, 0.25) is 0 Å². The van der Waals surface area contributed by atoms with Crippen molar-refractivity contribution in [1.82, 2.24) is 19.4 Å². The van der Waals surface area contributed by atoms with E-state index in [2.05, 4.69) is 33.4 Å². The third-order valence-electron chi connectivity index (χ3n) is 3.10. The molecule has 0 aromatic carbocycles. The number of fused-ring (bicyclic) bond motifs is 1. The molecular formula is C17H15N5. The van der Waals surface area contributed by atoms with Gasteiger partial charge < -0.3 is 9.72 Å². The van der Waals surface area contributed by atoms with Crippen LogP contribution in [0.3, 0.4) is 0 Å². The molecule has 0 bridgehead atoms. The molecule has 3 heterocycles. The van der Waals surface area contributed by atoms with Crippen molar-refractivity contribution in [3.05, 3.63) is 78.6 Å². The van der Waals surface area contributed by atoms with E-state index < -0.39 is 0 Å². The third kappa shape index (κ3) is 2.78. The lowest BCUT2D eigenvalue weighted by Gasteiger charge is -2.06. The maximum absolute atomic E-state index is 4.31. The fourth-order valence-corrected chi connectivity index (χ4v) is 2.13. The monoisotopic (exact) mass is 289 g/mol. The second-order valence-corrected chi connectivity index (χ2v) is 4.64. The molecule has 0 radical (unpaired) electrons. The lowest BCUT2D eigenvalue weighted by atomic mass is 10.2. The number of rotatable bonds is 4. The van der Waals surface area contributed by atoms with Crippen molar-refractivity contribution in [2.45, 2.75) is 0 Å². The topological polar surface area (TPSA) is 55.1 Å². The summed E-state index contributed by atoms with van der Waals surface area (Å²) < 4.78 is 1.89. The zero-order chi connectivity index (χ0) is 15.4. The van der Waals surface area contributed by atoms with Crippen molar-refractivity contribution < 1.29 is 0 Å². The molecule has 22 heavy (non-hydrogen) atoms. The van der Waals surface area contributed by atoms with Gasteiger partial charge in [0, 0.05) is 48.1 Å². The van der Waals surface area contributed by atoms with Crippen LogP contribution in [0.5, 0.6) is 0 Å². The molecular weight excluding hydrogens is 274 g/mol. The van der Waals surface area contributed by atoms with Crippen LogP contribution in [0.15, 0.2) is 68.2 Å². The van der Waals surface area contributed by atoms with Gasteiger partial charge in [0.25, 0.3) is 0 Å². The molecule has 5 nitrogen and oxygen atoms in total. The molecule has 0 saturated carbocycles. The second kappa shape index (κ2) is 6.05. The van der Waals surface area contributed by atoms with Crippen molar-refractivity contribution >= 4 is 23.6 Å². The van der Waals surface area contributed by atoms with Crippen LogP contribution in [0.4, 0.5) is 5.82 Å². The first-order valence-corrected chi connectivity index (χ1v) is 6.76. The molecule has 108 valence electrons. The Labute approximate surface area is 127 Å². The molecule has 3 aromatic rings. The lowest BCUT2D eigenvalue weighted by Crippen LogP contribution is -2.25. The number of hydrogen-bond acceptors (Lipinski definition) is 4. The molecule has 0 atom stereocenters. The van der Waals surface area contributed by atoms with Crippen LogP contribution in [-0.2, 0) is 0 Å². The summed E-state index contributed by atoms with van der Waals surface area (Å²) in [4.78, 5) is 12.7. The highest BCUT2D eigenvalue weighted by molar-refractivity contribution is 5.68. The molecule has 0 spiro atoms. The van der Waals surface area contributed by atoms with Crippen molar-refractivity contribution in [3.8, 4) is 0 Å². The van der Waals surface area contributed by atoms with E-state index in [9.17, 15) is 0 Å². The highest BCUT2D eigenvalue weighted by Gasteiger charge is 2.03. The molecule has 3 rings (SSSR count). The van der Waals surface area contributed by atoms with Crippen molar-refractivity contribution in [2.24, 2.45) is 0 Å². The molecule has 5 heteroatoms. The normalized spacial score (nSPS) is 12.5. The first-order chi connectivity index (χ1) is 10.8. The Bertz CT molecular complexity index is 952. The van der Waals surface area contributed by atoms with Gasteiger partial charge in [0.15, 0.2) is 11.5 Å². The van der Waals surface area contributed by atoms with E-state index >= 15 is 0 Å². The van der Waals surface area contributed by atoms with Crippen molar-refractivity contribution in [1.29, 1.82) is 0 Å². The first kappa shape index (κ1) is 13.8. The predicted molar refractivity (Wildman–Crippen MR) is 88.4 cm³/mol. The van der Waals surface area contributed by atoms with Gasteiger partial charge in [0.05, 0.1) is 0 Å². The van der Waals surface area contributed by atoms with Gasteiger partial charge in [-0.05, 0) is 17.4 Å². The van der Waals surface area contributed by atoms with E-state index in [1.165, 1.54) is 0 Å². The first-order valence-electron chi connectivity index (χ1n) is 6.76. The Morgan fingerprint density at radius 2 is 1.95 bits per heavy atom. The zero-order valence-corrected chi connectivity index (χ0v) is 12.0. The van der Waals surface area contributed by atoms with Gasteiger partial charge in [0.1, 0.15) is 0 Å². The number of allylic oxidation sites excluding steroid dienone is 2. The quantitative estimate of drug-likeness (QED) is 0.791. The predicted octanol–water partition coefficient (Wildman–Crippen LogP) is 1.50. The maximum Gasteiger partial charge on any atom is 0.180 e. The van der Waals surface area contributed by atoms with Crippen LogP contribution < -0.4 is 15.8 Å². The minimum absolute atomic E-state index is 0.664. The lowest BCUT2D eigenvalue weighted by molar-refractivity contribution is 1.12.